The van der Waals surface area contributed by atoms with Crippen LogP contribution in [0.3, 0.4) is 0 Å². The van der Waals surface area contributed by atoms with Crippen LogP contribution in [0.15, 0.2) is 0 Å². The van der Waals surface area contributed by atoms with E-state index in [4.69, 9.17) is 5.73 Å². The SMILES string of the molecule is CCc1c(N)n[nH]c1C1CCCS1(=O)=O. The monoisotopic (exact) mass is 229 g/mol. The van der Waals surface area contributed by atoms with Gasteiger partial charge in [0, 0.05) is 5.56 Å². The Morgan fingerprint density at radius 3 is 2.87 bits per heavy atom. The van der Waals surface area contributed by atoms with Crippen LogP contribution in [-0.2, 0) is 16.3 Å². The lowest BCUT2D eigenvalue weighted by molar-refractivity contribution is 0.590. The summed E-state index contributed by atoms with van der Waals surface area (Å²) in [5.74, 6) is 0.703. The van der Waals surface area contributed by atoms with Gasteiger partial charge in [-0.3, -0.25) is 5.10 Å². The van der Waals surface area contributed by atoms with Crippen molar-refractivity contribution in [3.05, 3.63) is 11.3 Å². The highest BCUT2D eigenvalue weighted by molar-refractivity contribution is 7.91. The molecule has 6 heteroatoms. The Bertz CT molecular complexity index is 464. The Kier molecular flexibility index (Phi) is 2.46. The molecule has 1 saturated heterocycles. The number of hydrogen-bond acceptors (Lipinski definition) is 4. The normalized spacial score (nSPS) is 24.5. The van der Waals surface area contributed by atoms with Crippen LogP contribution in [-0.4, -0.2) is 24.4 Å². The molecule has 0 bridgehead atoms. The Morgan fingerprint density at radius 1 is 1.60 bits per heavy atom. The summed E-state index contributed by atoms with van der Waals surface area (Å²) in [5.41, 5.74) is 7.22. The van der Waals surface area contributed by atoms with Gasteiger partial charge in [-0.2, -0.15) is 5.10 Å². The van der Waals surface area contributed by atoms with Crippen LogP contribution in [0.2, 0.25) is 0 Å². The molecule has 0 radical (unpaired) electrons. The van der Waals surface area contributed by atoms with Crippen molar-refractivity contribution in [3.63, 3.8) is 0 Å². The standard InChI is InChI=1S/C9H15N3O2S/c1-2-6-8(11-12-9(6)10)7-4-3-5-15(7,13)14/h7H,2-5H2,1H3,(H3,10,11,12). The van der Waals surface area contributed by atoms with Crippen molar-refractivity contribution in [2.45, 2.75) is 31.4 Å². The molecule has 5 nitrogen and oxygen atoms in total. The number of nitrogens with zero attached hydrogens (tertiary/aromatic N) is 1. The first kappa shape index (κ1) is 10.5. The number of anilines is 1. The van der Waals surface area contributed by atoms with Gasteiger partial charge in [0.25, 0.3) is 0 Å². The van der Waals surface area contributed by atoms with Crippen molar-refractivity contribution in [1.29, 1.82) is 0 Å². The second-order valence-electron chi connectivity index (χ2n) is 3.85. The molecule has 0 saturated carbocycles. The van der Waals surface area contributed by atoms with Crippen molar-refractivity contribution < 1.29 is 8.42 Å². The zero-order valence-corrected chi connectivity index (χ0v) is 9.47. The molecule has 0 aromatic carbocycles. The lowest BCUT2D eigenvalue weighted by Gasteiger charge is -2.08. The van der Waals surface area contributed by atoms with E-state index in [0.717, 1.165) is 12.0 Å². The van der Waals surface area contributed by atoms with Gasteiger partial charge in [0.05, 0.1) is 11.4 Å². The van der Waals surface area contributed by atoms with E-state index < -0.39 is 15.1 Å². The Labute approximate surface area is 89.0 Å². The van der Waals surface area contributed by atoms with Gasteiger partial charge in [0.2, 0.25) is 0 Å². The maximum absolute atomic E-state index is 11.8. The second-order valence-corrected chi connectivity index (χ2v) is 6.16. The van der Waals surface area contributed by atoms with Gasteiger partial charge in [0.15, 0.2) is 9.84 Å². The maximum atomic E-state index is 11.8. The van der Waals surface area contributed by atoms with E-state index in [1.54, 1.807) is 0 Å². The predicted molar refractivity (Wildman–Crippen MR) is 58.1 cm³/mol. The molecule has 0 amide bonds. The number of rotatable bonds is 2. The molecule has 84 valence electrons. The molecule has 1 aromatic rings. The molecule has 1 aromatic heterocycles. The minimum Gasteiger partial charge on any atom is -0.382 e. The number of nitrogens with one attached hydrogen (secondary N) is 1. The zero-order valence-electron chi connectivity index (χ0n) is 8.66. The fourth-order valence-corrected chi connectivity index (χ4v) is 4.08. The Balaban J connectivity index is 2.46. The fourth-order valence-electron chi connectivity index (χ4n) is 2.15. The van der Waals surface area contributed by atoms with Crippen molar-refractivity contribution in [3.8, 4) is 0 Å². The summed E-state index contributed by atoms with van der Waals surface area (Å²) >= 11 is 0. The van der Waals surface area contributed by atoms with Crippen molar-refractivity contribution in [2.75, 3.05) is 11.5 Å². The summed E-state index contributed by atoms with van der Waals surface area (Å²) in [5, 5.41) is 6.24. The number of aromatic amines is 1. The largest absolute Gasteiger partial charge is 0.382 e. The first-order valence-electron chi connectivity index (χ1n) is 5.10. The summed E-state index contributed by atoms with van der Waals surface area (Å²) in [6, 6.07) is 0. The molecule has 1 atom stereocenters. The van der Waals surface area contributed by atoms with Crippen LogP contribution < -0.4 is 5.73 Å². The second kappa shape index (κ2) is 3.52. The molecule has 2 heterocycles. The van der Waals surface area contributed by atoms with E-state index in [1.807, 2.05) is 6.92 Å². The molecule has 3 N–H and O–H groups in total. The van der Waals surface area contributed by atoms with Crippen LogP contribution in [0, 0.1) is 0 Å². The van der Waals surface area contributed by atoms with Crippen molar-refractivity contribution >= 4 is 15.7 Å². The molecule has 0 spiro atoms. The smallest absolute Gasteiger partial charge is 0.158 e. The van der Waals surface area contributed by atoms with Crippen LogP contribution in [0.1, 0.15) is 36.3 Å². The minimum absolute atomic E-state index is 0.278. The summed E-state index contributed by atoms with van der Waals surface area (Å²) in [4.78, 5) is 0. The minimum atomic E-state index is -2.99. The third-order valence-corrected chi connectivity index (χ3v) is 5.13. The lowest BCUT2D eigenvalue weighted by atomic mass is 10.1. The van der Waals surface area contributed by atoms with Gasteiger partial charge in [-0.15, -0.1) is 0 Å². The van der Waals surface area contributed by atoms with Crippen LogP contribution in [0.25, 0.3) is 0 Å². The molecule has 1 fully saturated rings. The maximum Gasteiger partial charge on any atom is 0.158 e. The average Bonchev–Trinajstić information content (AvgIpc) is 2.68. The van der Waals surface area contributed by atoms with E-state index >= 15 is 0 Å². The number of hydrogen-bond donors (Lipinski definition) is 2. The molecule has 0 aliphatic carbocycles. The van der Waals surface area contributed by atoms with Gasteiger partial charge in [-0.05, 0) is 19.3 Å². The van der Waals surface area contributed by atoms with Gasteiger partial charge in [-0.25, -0.2) is 8.42 Å². The topological polar surface area (TPSA) is 88.8 Å². The van der Waals surface area contributed by atoms with Gasteiger partial charge < -0.3 is 5.73 Å². The zero-order chi connectivity index (χ0) is 11.1. The van der Waals surface area contributed by atoms with Gasteiger partial charge in [-0.1, -0.05) is 6.92 Å². The van der Waals surface area contributed by atoms with E-state index in [1.165, 1.54) is 0 Å². The van der Waals surface area contributed by atoms with E-state index in [0.29, 0.717) is 24.4 Å². The predicted octanol–water partition coefficient (Wildman–Crippen LogP) is 0.804. The highest BCUT2D eigenvalue weighted by Gasteiger charge is 2.35. The van der Waals surface area contributed by atoms with E-state index in [-0.39, 0.29) is 5.75 Å². The van der Waals surface area contributed by atoms with Crippen LogP contribution in [0.4, 0.5) is 5.82 Å². The molecular weight excluding hydrogens is 214 g/mol. The number of H-pyrrole nitrogens is 1. The number of aromatic nitrogens is 2. The summed E-state index contributed by atoms with van der Waals surface area (Å²) in [6.07, 6.45) is 2.12. The summed E-state index contributed by atoms with van der Waals surface area (Å²) in [7, 11) is -2.99. The number of nitrogens with two attached hydrogens (primary N) is 1. The third-order valence-electron chi connectivity index (χ3n) is 2.94. The summed E-state index contributed by atoms with van der Waals surface area (Å²) in [6.45, 7) is 1.95. The highest BCUT2D eigenvalue weighted by atomic mass is 32.2. The molecule has 2 rings (SSSR count). The summed E-state index contributed by atoms with van der Waals surface area (Å²) < 4.78 is 23.5. The quantitative estimate of drug-likeness (QED) is 0.785. The molecule has 1 aliphatic heterocycles. The number of nitrogen functional groups attached to an aromatic ring is 1. The fraction of sp³-hybridized carbons (Fsp3) is 0.667. The lowest BCUT2D eigenvalue weighted by Crippen LogP contribution is -2.10. The van der Waals surface area contributed by atoms with E-state index in [9.17, 15) is 8.42 Å². The Morgan fingerprint density at radius 2 is 2.33 bits per heavy atom. The first-order chi connectivity index (χ1) is 7.06. The average molecular weight is 229 g/mol. The van der Waals surface area contributed by atoms with Gasteiger partial charge >= 0.3 is 0 Å². The molecule has 1 aliphatic rings. The van der Waals surface area contributed by atoms with Crippen LogP contribution in [0.5, 0.6) is 0 Å². The van der Waals surface area contributed by atoms with Crippen molar-refractivity contribution in [1.82, 2.24) is 10.2 Å². The highest BCUT2D eigenvalue weighted by Crippen LogP contribution is 2.36. The van der Waals surface area contributed by atoms with E-state index in [2.05, 4.69) is 10.2 Å². The molecule has 15 heavy (non-hydrogen) atoms. The Hall–Kier alpha value is -1.04. The van der Waals surface area contributed by atoms with Crippen molar-refractivity contribution in [2.24, 2.45) is 0 Å². The third kappa shape index (κ3) is 1.62. The van der Waals surface area contributed by atoms with Crippen LogP contribution >= 0.6 is 0 Å². The first-order valence-corrected chi connectivity index (χ1v) is 6.82. The van der Waals surface area contributed by atoms with Gasteiger partial charge in [0.1, 0.15) is 11.1 Å². The molecular formula is C9H15N3O2S. The number of sulfone groups is 1. The molecule has 1 unspecified atom stereocenters.